The second kappa shape index (κ2) is 6.40. The van der Waals surface area contributed by atoms with Crippen molar-refractivity contribution in [3.63, 3.8) is 0 Å². The summed E-state index contributed by atoms with van der Waals surface area (Å²) >= 11 is -0.247. The number of benzene rings is 1. The van der Waals surface area contributed by atoms with Gasteiger partial charge in [-0.1, -0.05) is 0 Å². The van der Waals surface area contributed by atoms with Crippen LogP contribution in [0.5, 0.6) is 0 Å². The summed E-state index contributed by atoms with van der Waals surface area (Å²) in [4.78, 5) is 32.3. The monoisotopic (exact) mass is 408 g/mol. The molecule has 1 aromatic heterocycles. The van der Waals surface area contributed by atoms with Crippen LogP contribution in [0.3, 0.4) is 0 Å². The summed E-state index contributed by atoms with van der Waals surface area (Å²) in [6, 6.07) is 8.08. The number of rotatable bonds is 4. The third kappa shape index (κ3) is 3.28. The molecule has 6 nitrogen and oxygen atoms in total. The number of nitrogens with two attached hydrogens (primary N) is 1. The van der Waals surface area contributed by atoms with Gasteiger partial charge in [0.15, 0.2) is 0 Å². The largest absolute Gasteiger partial charge is 0.446 e. The Morgan fingerprint density at radius 2 is 1.82 bits per heavy atom. The summed E-state index contributed by atoms with van der Waals surface area (Å²) in [5.74, 6) is -0.0364. The molecule has 2 heterocycles. The maximum Gasteiger partial charge on any atom is 0.446 e. The lowest BCUT2D eigenvalue weighted by Crippen LogP contribution is -2.36. The van der Waals surface area contributed by atoms with Gasteiger partial charge in [-0.05, 0) is 66.6 Å². The average Bonchev–Trinajstić information content (AvgIpc) is 3.38. The number of imide groups is 1. The standard InChI is InChI=1S/C18H15F3N4O2S/c19-18(20,21)28-13-3-1-12(2-4-13)25-15(26)17(6-7-17)24(16(25)27)10-11-5-8-23-14(22)9-11/h1-5,8-9H,6-7,10H2,(H2,22,23). The molecule has 28 heavy (non-hydrogen) atoms. The Morgan fingerprint density at radius 3 is 2.39 bits per heavy atom. The molecule has 1 spiro atoms. The second-order valence-corrected chi connectivity index (χ2v) is 7.81. The van der Waals surface area contributed by atoms with Crippen LogP contribution in [0.4, 0.5) is 29.5 Å². The first-order valence-corrected chi connectivity index (χ1v) is 9.24. The van der Waals surface area contributed by atoms with Crippen molar-refractivity contribution in [2.24, 2.45) is 0 Å². The van der Waals surface area contributed by atoms with E-state index < -0.39 is 17.1 Å². The minimum absolute atomic E-state index is 0.0133. The smallest absolute Gasteiger partial charge is 0.384 e. The molecule has 2 fully saturated rings. The van der Waals surface area contributed by atoms with Crippen LogP contribution >= 0.6 is 11.8 Å². The highest BCUT2D eigenvalue weighted by molar-refractivity contribution is 8.00. The van der Waals surface area contributed by atoms with Gasteiger partial charge in [-0.2, -0.15) is 13.2 Å². The highest BCUT2D eigenvalue weighted by Crippen LogP contribution is 2.50. The van der Waals surface area contributed by atoms with Crippen molar-refractivity contribution in [1.82, 2.24) is 9.88 Å². The van der Waals surface area contributed by atoms with Gasteiger partial charge in [0, 0.05) is 17.6 Å². The Hall–Kier alpha value is -2.75. The number of nitrogen functional groups attached to an aromatic ring is 1. The third-order valence-corrected chi connectivity index (χ3v) is 5.52. The molecule has 0 radical (unpaired) electrons. The molecule has 1 saturated heterocycles. The highest BCUT2D eigenvalue weighted by Gasteiger charge is 2.65. The Kier molecular flexibility index (Phi) is 4.25. The number of alkyl halides is 3. The minimum atomic E-state index is -4.40. The van der Waals surface area contributed by atoms with E-state index in [4.69, 9.17) is 5.73 Å². The molecular formula is C18H15F3N4O2S. The van der Waals surface area contributed by atoms with E-state index in [-0.39, 0.29) is 34.8 Å². The van der Waals surface area contributed by atoms with Crippen molar-refractivity contribution in [1.29, 1.82) is 0 Å². The van der Waals surface area contributed by atoms with Gasteiger partial charge in [-0.3, -0.25) is 4.79 Å². The molecule has 1 aliphatic heterocycles. The number of thioether (sulfide) groups is 1. The van der Waals surface area contributed by atoms with E-state index in [9.17, 15) is 22.8 Å². The first-order chi connectivity index (χ1) is 13.2. The molecule has 1 saturated carbocycles. The lowest BCUT2D eigenvalue weighted by atomic mass is 10.2. The molecule has 4 rings (SSSR count). The number of amides is 3. The van der Waals surface area contributed by atoms with Gasteiger partial charge in [0.1, 0.15) is 11.4 Å². The fraction of sp³-hybridized carbons (Fsp3) is 0.278. The Balaban J connectivity index is 1.59. The van der Waals surface area contributed by atoms with E-state index in [0.717, 1.165) is 10.5 Å². The van der Waals surface area contributed by atoms with Gasteiger partial charge in [-0.25, -0.2) is 14.7 Å². The molecular weight excluding hydrogens is 393 g/mol. The van der Waals surface area contributed by atoms with E-state index in [1.54, 1.807) is 12.1 Å². The molecule has 2 N–H and O–H groups in total. The molecule has 146 valence electrons. The maximum atomic E-state index is 13.0. The van der Waals surface area contributed by atoms with Crippen molar-refractivity contribution < 1.29 is 22.8 Å². The van der Waals surface area contributed by atoms with Crippen molar-refractivity contribution in [2.45, 2.75) is 35.3 Å². The van der Waals surface area contributed by atoms with Gasteiger partial charge in [-0.15, -0.1) is 0 Å². The topological polar surface area (TPSA) is 79.5 Å². The average molecular weight is 408 g/mol. The zero-order chi connectivity index (χ0) is 20.1. The van der Waals surface area contributed by atoms with Gasteiger partial charge >= 0.3 is 11.5 Å². The number of urea groups is 1. The molecule has 1 aromatic carbocycles. The van der Waals surface area contributed by atoms with Crippen LogP contribution in [-0.4, -0.2) is 32.9 Å². The van der Waals surface area contributed by atoms with Crippen LogP contribution < -0.4 is 10.6 Å². The zero-order valence-corrected chi connectivity index (χ0v) is 15.3. The predicted octanol–water partition coefficient (Wildman–Crippen LogP) is 3.78. The number of hydrogen-bond donors (Lipinski definition) is 1. The SMILES string of the molecule is Nc1cc(CN2C(=O)N(c3ccc(SC(F)(F)F)cc3)C(=O)C23CC3)ccn1. The molecule has 2 aliphatic rings. The summed E-state index contributed by atoms with van der Waals surface area (Å²) in [5, 5.41) is 0. The van der Waals surface area contributed by atoms with Crippen LogP contribution in [0.25, 0.3) is 0 Å². The number of nitrogens with zero attached hydrogens (tertiary/aromatic N) is 3. The van der Waals surface area contributed by atoms with Crippen molar-refractivity contribution >= 4 is 35.2 Å². The lowest BCUT2D eigenvalue weighted by Gasteiger charge is -2.21. The summed E-state index contributed by atoms with van der Waals surface area (Å²) < 4.78 is 37.5. The van der Waals surface area contributed by atoms with E-state index in [2.05, 4.69) is 4.98 Å². The molecule has 2 aromatic rings. The Bertz CT molecular complexity index is 945. The minimum Gasteiger partial charge on any atom is -0.384 e. The molecule has 10 heteroatoms. The van der Waals surface area contributed by atoms with Crippen molar-refractivity contribution in [3.05, 3.63) is 48.2 Å². The van der Waals surface area contributed by atoms with Crippen LogP contribution in [0, 0.1) is 0 Å². The number of hydrogen-bond acceptors (Lipinski definition) is 5. The number of pyridine rings is 1. The Morgan fingerprint density at radius 1 is 1.14 bits per heavy atom. The van der Waals surface area contributed by atoms with Crippen LogP contribution in [-0.2, 0) is 11.3 Å². The van der Waals surface area contributed by atoms with Gasteiger partial charge in [0.2, 0.25) is 0 Å². The van der Waals surface area contributed by atoms with E-state index in [1.165, 1.54) is 35.4 Å². The summed E-state index contributed by atoms with van der Waals surface area (Å²) in [6.07, 6.45) is 2.63. The van der Waals surface area contributed by atoms with Crippen molar-refractivity contribution in [3.8, 4) is 0 Å². The zero-order valence-electron chi connectivity index (χ0n) is 14.4. The van der Waals surface area contributed by atoms with Gasteiger partial charge in [0.05, 0.1) is 5.69 Å². The number of halogens is 3. The van der Waals surface area contributed by atoms with Crippen molar-refractivity contribution in [2.75, 3.05) is 10.6 Å². The first-order valence-electron chi connectivity index (χ1n) is 8.42. The second-order valence-electron chi connectivity index (χ2n) is 6.67. The van der Waals surface area contributed by atoms with E-state index in [1.807, 2.05) is 0 Å². The molecule has 1 aliphatic carbocycles. The third-order valence-electron chi connectivity index (χ3n) is 4.78. The number of aromatic nitrogens is 1. The molecule has 0 unspecified atom stereocenters. The summed E-state index contributed by atoms with van der Waals surface area (Å²) in [5.41, 5.74) is 1.40. The number of carbonyl (C=O) groups excluding carboxylic acids is 2. The van der Waals surface area contributed by atoms with E-state index >= 15 is 0 Å². The molecule has 3 amide bonds. The van der Waals surface area contributed by atoms with Gasteiger partial charge in [0.25, 0.3) is 5.91 Å². The quantitative estimate of drug-likeness (QED) is 0.615. The normalized spacial score (nSPS) is 18.2. The lowest BCUT2D eigenvalue weighted by molar-refractivity contribution is -0.120. The number of carbonyl (C=O) groups is 2. The predicted molar refractivity (Wildman–Crippen MR) is 97.4 cm³/mol. The van der Waals surface area contributed by atoms with Crippen LogP contribution in [0.2, 0.25) is 0 Å². The molecule has 0 atom stereocenters. The Labute approximate surface area is 162 Å². The number of anilines is 2. The summed E-state index contributed by atoms with van der Waals surface area (Å²) in [6.45, 7) is 0.204. The van der Waals surface area contributed by atoms with E-state index in [0.29, 0.717) is 18.7 Å². The van der Waals surface area contributed by atoms with Crippen LogP contribution in [0.1, 0.15) is 18.4 Å². The summed E-state index contributed by atoms with van der Waals surface area (Å²) in [7, 11) is 0. The molecule has 0 bridgehead atoms. The maximum absolute atomic E-state index is 13.0. The first kappa shape index (κ1) is 18.6. The van der Waals surface area contributed by atoms with Crippen LogP contribution in [0.15, 0.2) is 47.5 Å². The fourth-order valence-electron chi connectivity index (χ4n) is 3.34. The van der Waals surface area contributed by atoms with Gasteiger partial charge < -0.3 is 10.6 Å². The highest BCUT2D eigenvalue weighted by atomic mass is 32.2. The fourth-order valence-corrected chi connectivity index (χ4v) is 3.87.